The second-order valence-corrected chi connectivity index (χ2v) is 6.41. The molecule has 0 aromatic heterocycles. The van der Waals surface area contributed by atoms with Gasteiger partial charge < -0.3 is 15.5 Å². The summed E-state index contributed by atoms with van der Waals surface area (Å²) in [5.41, 5.74) is 3.02. The number of carbonyl (C=O) groups excluding carboxylic acids is 1. The number of hydrogen-bond donors (Lipinski definition) is 2. The first kappa shape index (κ1) is 21.5. The van der Waals surface area contributed by atoms with Crippen LogP contribution in [0.3, 0.4) is 0 Å². The van der Waals surface area contributed by atoms with E-state index in [1.165, 1.54) is 11.3 Å². The predicted octanol–water partition coefficient (Wildman–Crippen LogP) is 3.72. The van der Waals surface area contributed by atoms with Gasteiger partial charge in [0.25, 0.3) is 5.91 Å². The highest BCUT2D eigenvalue weighted by Gasteiger charge is 2.22. The zero-order valence-electron chi connectivity index (χ0n) is 15.2. The molecule has 0 aliphatic carbocycles. The van der Waals surface area contributed by atoms with Crippen LogP contribution in [0.1, 0.15) is 22.8 Å². The Kier molecular flexibility index (Phi) is 8.37. The van der Waals surface area contributed by atoms with E-state index in [-0.39, 0.29) is 29.9 Å². The lowest BCUT2D eigenvalue weighted by molar-refractivity contribution is 0.0955. The summed E-state index contributed by atoms with van der Waals surface area (Å²) in [4.78, 5) is 19.1. The smallest absolute Gasteiger partial charge is 0.252 e. The molecule has 1 aliphatic rings. The van der Waals surface area contributed by atoms with Crippen molar-refractivity contribution in [2.75, 3.05) is 31.1 Å². The van der Waals surface area contributed by atoms with Crippen molar-refractivity contribution in [3.8, 4) is 0 Å². The third kappa shape index (κ3) is 5.35. The standard InChI is InChI=1S/C20H23ClN4O.HI/c1-2-22-20(25-14-11-15-7-3-6-10-18(15)25)24-13-12-23-19(26)16-8-4-5-9-17(16)21;/h3-10H,2,11-14H2,1H3,(H,22,24)(H,23,26);1H. The highest BCUT2D eigenvalue weighted by Crippen LogP contribution is 2.27. The average molecular weight is 499 g/mol. The number of guanidine groups is 1. The molecule has 2 aromatic rings. The van der Waals surface area contributed by atoms with Gasteiger partial charge in [-0.25, -0.2) is 0 Å². The van der Waals surface area contributed by atoms with Crippen LogP contribution >= 0.6 is 35.6 Å². The number of anilines is 1. The van der Waals surface area contributed by atoms with Crippen molar-refractivity contribution >= 4 is 53.1 Å². The van der Waals surface area contributed by atoms with Crippen LogP contribution < -0.4 is 15.5 Å². The van der Waals surface area contributed by atoms with Gasteiger partial charge in [0.05, 0.1) is 17.1 Å². The van der Waals surface area contributed by atoms with Gasteiger partial charge in [0, 0.05) is 25.3 Å². The number of rotatable bonds is 5. The van der Waals surface area contributed by atoms with E-state index in [1.54, 1.807) is 24.3 Å². The fourth-order valence-corrected chi connectivity index (χ4v) is 3.25. The van der Waals surface area contributed by atoms with Crippen LogP contribution in [0.5, 0.6) is 0 Å². The first-order valence-corrected chi connectivity index (χ1v) is 9.25. The minimum Gasteiger partial charge on any atom is -0.356 e. The quantitative estimate of drug-likeness (QED) is 0.286. The molecule has 7 heteroatoms. The second-order valence-electron chi connectivity index (χ2n) is 6.00. The largest absolute Gasteiger partial charge is 0.356 e. The molecule has 144 valence electrons. The summed E-state index contributed by atoms with van der Waals surface area (Å²) < 4.78 is 0. The van der Waals surface area contributed by atoms with Crippen molar-refractivity contribution in [3.05, 3.63) is 64.7 Å². The van der Waals surface area contributed by atoms with Gasteiger partial charge in [-0.05, 0) is 37.1 Å². The number of carbonyl (C=O) groups is 1. The Labute approximate surface area is 182 Å². The van der Waals surface area contributed by atoms with Crippen LogP contribution in [-0.2, 0) is 6.42 Å². The van der Waals surface area contributed by atoms with Gasteiger partial charge in [-0.2, -0.15) is 0 Å². The molecule has 0 spiro atoms. The maximum Gasteiger partial charge on any atom is 0.252 e. The lowest BCUT2D eigenvalue weighted by Gasteiger charge is -2.22. The van der Waals surface area contributed by atoms with Crippen LogP contribution in [0, 0.1) is 0 Å². The van der Waals surface area contributed by atoms with Crippen LogP contribution in [0.4, 0.5) is 5.69 Å². The molecule has 0 radical (unpaired) electrons. The Bertz CT molecular complexity index is 812. The van der Waals surface area contributed by atoms with Gasteiger partial charge in [0.2, 0.25) is 0 Å². The number of nitrogens with zero attached hydrogens (tertiary/aromatic N) is 2. The molecular weight excluding hydrogens is 475 g/mol. The van der Waals surface area contributed by atoms with E-state index in [1.807, 2.05) is 6.07 Å². The number of aliphatic imine (C=N–C) groups is 1. The van der Waals surface area contributed by atoms with Crippen LogP contribution in [-0.4, -0.2) is 38.0 Å². The van der Waals surface area contributed by atoms with Crippen LogP contribution in [0.25, 0.3) is 0 Å². The molecule has 1 heterocycles. The van der Waals surface area contributed by atoms with Gasteiger partial charge in [0.15, 0.2) is 5.96 Å². The summed E-state index contributed by atoms with van der Waals surface area (Å²) >= 11 is 6.05. The lowest BCUT2D eigenvalue weighted by Crippen LogP contribution is -2.41. The van der Waals surface area contributed by atoms with Gasteiger partial charge >= 0.3 is 0 Å². The Balaban J connectivity index is 0.00000261. The van der Waals surface area contributed by atoms with E-state index in [4.69, 9.17) is 11.6 Å². The highest BCUT2D eigenvalue weighted by molar-refractivity contribution is 14.0. The Morgan fingerprint density at radius 2 is 1.89 bits per heavy atom. The van der Waals surface area contributed by atoms with Gasteiger partial charge in [-0.15, -0.1) is 24.0 Å². The van der Waals surface area contributed by atoms with Crippen LogP contribution in [0.2, 0.25) is 5.02 Å². The van der Waals surface area contributed by atoms with E-state index in [0.29, 0.717) is 23.7 Å². The number of amides is 1. The Morgan fingerprint density at radius 1 is 1.15 bits per heavy atom. The van der Waals surface area contributed by atoms with E-state index in [9.17, 15) is 4.79 Å². The SMILES string of the molecule is CCNC(=NCCNC(=O)c1ccccc1Cl)N1CCc2ccccc21.I. The van der Waals surface area contributed by atoms with Gasteiger partial charge in [-0.3, -0.25) is 9.79 Å². The molecule has 3 rings (SSSR count). The van der Waals surface area contributed by atoms with Gasteiger partial charge in [0.1, 0.15) is 0 Å². The molecule has 27 heavy (non-hydrogen) atoms. The highest BCUT2D eigenvalue weighted by atomic mass is 127. The monoisotopic (exact) mass is 498 g/mol. The topological polar surface area (TPSA) is 56.7 Å². The van der Waals surface area contributed by atoms with E-state index < -0.39 is 0 Å². The van der Waals surface area contributed by atoms with Crippen molar-refractivity contribution in [1.29, 1.82) is 0 Å². The molecule has 0 fully saturated rings. The molecule has 0 saturated carbocycles. The molecular formula is C20H24ClIN4O. The number of para-hydroxylation sites is 1. The normalized spacial score (nSPS) is 13.0. The molecule has 2 aromatic carbocycles. The van der Waals surface area contributed by atoms with Crippen LogP contribution in [0.15, 0.2) is 53.5 Å². The molecule has 0 bridgehead atoms. The number of hydrogen-bond acceptors (Lipinski definition) is 2. The van der Waals surface area contributed by atoms with E-state index in [2.05, 4.69) is 45.6 Å². The molecule has 0 saturated heterocycles. The molecule has 5 nitrogen and oxygen atoms in total. The maximum atomic E-state index is 12.2. The maximum absolute atomic E-state index is 12.2. The Morgan fingerprint density at radius 3 is 2.67 bits per heavy atom. The zero-order valence-corrected chi connectivity index (χ0v) is 18.3. The van der Waals surface area contributed by atoms with Crippen molar-refractivity contribution < 1.29 is 4.79 Å². The minimum atomic E-state index is -0.178. The van der Waals surface area contributed by atoms with Crippen molar-refractivity contribution in [3.63, 3.8) is 0 Å². The first-order chi connectivity index (χ1) is 12.7. The van der Waals surface area contributed by atoms with Crippen molar-refractivity contribution in [2.24, 2.45) is 4.99 Å². The molecule has 1 aliphatic heterocycles. The summed E-state index contributed by atoms with van der Waals surface area (Å²) in [7, 11) is 0. The lowest BCUT2D eigenvalue weighted by atomic mass is 10.2. The summed E-state index contributed by atoms with van der Waals surface area (Å²) in [5, 5.41) is 6.66. The second kappa shape index (κ2) is 10.5. The van der Waals surface area contributed by atoms with E-state index >= 15 is 0 Å². The molecule has 0 atom stereocenters. The molecule has 0 unspecified atom stereocenters. The summed E-state index contributed by atoms with van der Waals surface area (Å²) in [6.45, 7) is 4.71. The van der Waals surface area contributed by atoms with E-state index in [0.717, 1.165) is 25.5 Å². The van der Waals surface area contributed by atoms with Gasteiger partial charge in [-0.1, -0.05) is 41.9 Å². The minimum absolute atomic E-state index is 0. The fraction of sp³-hybridized carbons (Fsp3) is 0.300. The number of benzene rings is 2. The summed E-state index contributed by atoms with van der Waals surface area (Å²) in [5.74, 6) is 0.673. The molecule has 1 amide bonds. The summed E-state index contributed by atoms with van der Waals surface area (Å²) in [6.07, 6.45) is 1.02. The summed E-state index contributed by atoms with van der Waals surface area (Å²) in [6, 6.07) is 15.4. The number of fused-ring (bicyclic) bond motifs is 1. The molecule has 2 N–H and O–H groups in total. The average Bonchev–Trinajstić information content (AvgIpc) is 3.08. The van der Waals surface area contributed by atoms with Crippen molar-refractivity contribution in [1.82, 2.24) is 10.6 Å². The Hall–Kier alpha value is -1.80. The number of halogens is 2. The zero-order chi connectivity index (χ0) is 18.4. The predicted molar refractivity (Wildman–Crippen MR) is 123 cm³/mol. The van der Waals surface area contributed by atoms with Crippen molar-refractivity contribution in [2.45, 2.75) is 13.3 Å². The third-order valence-electron chi connectivity index (χ3n) is 4.26. The number of nitrogens with one attached hydrogen (secondary N) is 2. The third-order valence-corrected chi connectivity index (χ3v) is 4.58. The first-order valence-electron chi connectivity index (χ1n) is 8.87. The fourth-order valence-electron chi connectivity index (χ4n) is 3.02.